The van der Waals surface area contributed by atoms with E-state index in [9.17, 15) is 4.79 Å². The molecule has 11 heavy (non-hydrogen) atoms. The van der Waals surface area contributed by atoms with Gasteiger partial charge in [-0.1, -0.05) is 0 Å². The molecule has 0 atom stereocenters. The maximum Gasteiger partial charge on any atom is 0.159 e. The molecule has 0 bridgehead atoms. The van der Waals surface area contributed by atoms with E-state index < -0.39 is 0 Å². The van der Waals surface area contributed by atoms with Gasteiger partial charge in [0.25, 0.3) is 0 Å². The number of hydrogen-bond acceptors (Lipinski definition) is 3. The van der Waals surface area contributed by atoms with Gasteiger partial charge < -0.3 is 4.74 Å². The molecule has 66 valence electrons. The van der Waals surface area contributed by atoms with Crippen molar-refractivity contribution < 1.29 is 9.53 Å². The number of Topliss-reactive ketones (excluding diaryl/α,β-unsaturated/α-hetero) is 1. The number of ketones is 1. The van der Waals surface area contributed by atoms with Crippen LogP contribution >= 0.6 is 11.8 Å². The molecule has 2 nitrogen and oxygen atoms in total. The Morgan fingerprint density at radius 1 is 1.55 bits per heavy atom. The van der Waals surface area contributed by atoms with Gasteiger partial charge in [0.05, 0.1) is 6.10 Å². The molecule has 0 rings (SSSR count). The van der Waals surface area contributed by atoms with Gasteiger partial charge in [0.1, 0.15) is 6.61 Å². The lowest BCUT2D eigenvalue weighted by molar-refractivity contribution is -0.124. The molecular formula is C8H16O2S. The Labute approximate surface area is 72.7 Å². The van der Waals surface area contributed by atoms with E-state index in [0.29, 0.717) is 6.42 Å². The van der Waals surface area contributed by atoms with E-state index >= 15 is 0 Å². The highest BCUT2D eigenvalue weighted by Gasteiger charge is 2.02. The molecule has 0 spiro atoms. The number of carbonyl (C=O) groups is 1. The fraction of sp³-hybridized carbons (Fsp3) is 0.875. The highest BCUT2D eigenvalue weighted by atomic mass is 32.2. The summed E-state index contributed by atoms with van der Waals surface area (Å²) in [5.74, 6) is 1.10. The summed E-state index contributed by atoms with van der Waals surface area (Å²) in [5, 5.41) is 0. The number of ether oxygens (including phenoxy) is 1. The number of carbonyl (C=O) groups excluding carboxylic acids is 1. The number of rotatable bonds is 6. The predicted octanol–water partition coefficient (Wildman–Crippen LogP) is 1.73. The van der Waals surface area contributed by atoms with E-state index in [0.717, 1.165) is 5.75 Å². The van der Waals surface area contributed by atoms with Gasteiger partial charge in [-0.15, -0.1) is 0 Å². The van der Waals surface area contributed by atoms with Crippen LogP contribution in [0.25, 0.3) is 0 Å². The summed E-state index contributed by atoms with van der Waals surface area (Å²) < 4.78 is 5.14. The topological polar surface area (TPSA) is 26.3 Å². The molecule has 0 aromatic rings. The van der Waals surface area contributed by atoms with Crippen LogP contribution in [0, 0.1) is 0 Å². The molecule has 0 N–H and O–H groups in total. The predicted molar refractivity (Wildman–Crippen MR) is 49.1 cm³/mol. The Morgan fingerprint density at radius 3 is 2.64 bits per heavy atom. The summed E-state index contributed by atoms with van der Waals surface area (Å²) in [4.78, 5) is 11.0. The Balaban J connectivity index is 3.23. The second-order valence-corrected chi connectivity index (χ2v) is 3.63. The van der Waals surface area contributed by atoms with Crippen molar-refractivity contribution in [1.29, 1.82) is 0 Å². The van der Waals surface area contributed by atoms with Crippen LogP contribution in [0.3, 0.4) is 0 Å². The quantitative estimate of drug-likeness (QED) is 0.616. The van der Waals surface area contributed by atoms with E-state index in [-0.39, 0.29) is 18.5 Å². The van der Waals surface area contributed by atoms with Crippen molar-refractivity contribution in [2.45, 2.75) is 26.4 Å². The third-order valence-electron chi connectivity index (χ3n) is 1.16. The van der Waals surface area contributed by atoms with Crippen molar-refractivity contribution in [3.05, 3.63) is 0 Å². The van der Waals surface area contributed by atoms with Crippen LogP contribution in [0.5, 0.6) is 0 Å². The van der Waals surface area contributed by atoms with Gasteiger partial charge in [-0.25, -0.2) is 0 Å². The first kappa shape index (κ1) is 11.0. The van der Waals surface area contributed by atoms with Gasteiger partial charge in [0, 0.05) is 6.42 Å². The first-order valence-electron chi connectivity index (χ1n) is 3.79. The minimum atomic E-state index is 0.160. The molecule has 0 aliphatic rings. The lowest BCUT2D eigenvalue weighted by Gasteiger charge is -2.05. The molecular weight excluding hydrogens is 160 g/mol. The fourth-order valence-corrected chi connectivity index (χ4v) is 0.979. The van der Waals surface area contributed by atoms with Crippen LogP contribution in [0.2, 0.25) is 0 Å². The van der Waals surface area contributed by atoms with Crippen LogP contribution in [0.4, 0.5) is 0 Å². The van der Waals surface area contributed by atoms with E-state index in [2.05, 4.69) is 0 Å². The average Bonchev–Trinajstić information content (AvgIpc) is 1.97. The minimum absolute atomic E-state index is 0.160. The lowest BCUT2D eigenvalue weighted by atomic mass is 10.3. The van der Waals surface area contributed by atoms with Crippen LogP contribution in [0.1, 0.15) is 20.3 Å². The molecule has 0 aliphatic heterocycles. The lowest BCUT2D eigenvalue weighted by Crippen LogP contribution is -2.13. The molecule has 0 saturated carbocycles. The summed E-state index contributed by atoms with van der Waals surface area (Å²) in [7, 11) is 0. The molecule has 0 amide bonds. The van der Waals surface area contributed by atoms with Gasteiger partial charge in [-0.05, 0) is 25.9 Å². The first-order valence-corrected chi connectivity index (χ1v) is 5.18. The zero-order chi connectivity index (χ0) is 8.69. The monoisotopic (exact) mass is 176 g/mol. The second-order valence-electron chi connectivity index (χ2n) is 2.64. The van der Waals surface area contributed by atoms with Crippen LogP contribution in [-0.2, 0) is 9.53 Å². The van der Waals surface area contributed by atoms with Crippen molar-refractivity contribution in [2.24, 2.45) is 0 Å². The second kappa shape index (κ2) is 6.68. The minimum Gasteiger partial charge on any atom is -0.371 e. The average molecular weight is 176 g/mol. The van der Waals surface area contributed by atoms with Crippen molar-refractivity contribution in [2.75, 3.05) is 18.6 Å². The summed E-state index contributed by atoms with van der Waals surface area (Å²) >= 11 is 1.69. The molecule has 0 heterocycles. The maximum absolute atomic E-state index is 11.0. The molecule has 0 aliphatic carbocycles. The summed E-state index contributed by atoms with van der Waals surface area (Å²) in [6, 6.07) is 0. The number of hydrogen-bond donors (Lipinski definition) is 0. The van der Waals surface area contributed by atoms with E-state index in [1.165, 1.54) is 0 Å². The largest absolute Gasteiger partial charge is 0.371 e. The smallest absolute Gasteiger partial charge is 0.159 e. The van der Waals surface area contributed by atoms with Gasteiger partial charge in [-0.2, -0.15) is 11.8 Å². The van der Waals surface area contributed by atoms with Crippen LogP contribution in [0.15, 0.2) is 0 Å². The van der Waals surface area contributed by atoms with Crippen molar-refractivity contribution in [1.82, 2.24) is 0 Å². The Bertz CT molecular complexity index is 113. The molecule has 0 radical (unpaired) electrons. The molecule has 0 aromatic carbocycles. The zero-order valence-corrected chi connectivity index (χ0v) is 8.24. The summed E-state index contributed by atoms with van der Waals surface area (Å²) in [5.41, 5.74) is 0. The van der Waals surface area contributed by atoms with Crippen molar-refractivity contribution in [3.8, 4) is 0 Å². The van der Waals surface area contributed by atoms with Gasteiger partial charge in [0.15, 0.2) is 5.78 Å². The van der Waals surface area contributed by atoms with Crippen LogP contribution < -0.4 is 0 Å². The van der Waals surface area contributed by atoms with E-state index in [1.54, 1.807) is 11.8 Å². The van der Waals surface area contributed by atoms with Crippen molar-refractivity contribution >= 4 is 17.5 Å². The van der Waals surface area contributed by atoms with Gasteiger partial charge in [-0.3, -0.25) is 4.79 Å². The Morgan fingerprint density at radius 2 is 2.18 bits per heavy atom. The SMILES string of the molecule is CSCCC(=O)COC(C)C. The third kappa shape index (κ3) is 7.88. The highest BCUT2D eigenvalue weighted by molar-refractivity contribution is 7.98. The Hall–Kier alpha value is -0.0200. The zero-order valence-electron chi connectivity index (χ0n) is 7.42. The Kier molecular flexibility index (Phi) is 6.66. The van der Waals surface area contributed by atoms with E-state index in [4.69, 9.17) is 4.74 Å². The summed E-state index contributed by atoms with van der Waals surface area (Å²) in [6.45, 7) is 4.14. The fourth-order valence-electron chi connectivity index (χ4n) is 0.548. The van der Waals surface area contributed by atoms with E-state index in [1.807, 2.05) is 20.1 Å². The number of thioether (sulfide) groups is 1. The molecule has 3 heteroatoms. The maximum atomic E-state index is 11.0. The third-order valence-corrected chi connectivity index (χ3v) is 1.78. The van der Waals surface area contributed by atoms with Gasteiger partial charge >= 0.3 is 0 Å². The van der Waals surface area contributed by atoms with Crippen molar-refractivity contribution in [3.63, 3.8) is 0 Å². The van der Waals surface area contributed by atoms with Crippen LogP contribution in [-0.4, -0.2) is 30.5 Å². The molecule has 0 aromatic heterocycles. The first-order chi connectivity index (χ1) is 5.16. The molecule has 0 saturated heterocycles. The molecule has 0 fully saturated rings. The molecule has 0 unspecified atom stereocenters. The summed E-state index contributed by atoms with van der Waals surface area (Å²) in [6.07, 6.45) is 2.79. The van der Waals surface area contributed by atoms with Gasteiger partial charge in [0.2, 0.25) is 0 Å². The highest BCUT2D eigenvalue weighted by Crippen LogP contribution is 1.97. The standard InChI is InChI=1S/C8H16O2S/c1-7(2)10-6-8(9)4-5-11-3/h7H,4-6H2,1-3H3. The normalized spacial score (nSPS) is 10.5.